The molecule has 0 aromatic carbocycles. The fourth-order valence-electron chi connectivity index (χ4n) is 2.24. The number of aromatic nitrogens is 3. The topological polar surface area (TPSA) is 42.2 Å². The minimum absolute atomic E-state index is 0.296. The number of nitrogens with zero attached hydrogens (tertiary/aromatic N) is 3. The first-order chi connectivity index (χ1) is 7.84. The van der Waals surface area contributed by atoms with Crippen LogP contribution in [0.2, 0.25) is 0 Å². The van der Waals surface area contributed by atoms with E-state index in [1.165, 1.54) is 16.9 Å². The highest BCUT2D eigenvalue weighted by Crippen LogP contribution is 2.13. The van der Waals surface area contributed by atoms with Gasteiger partial charge in [-0.25, -0.2) is 0 Å². The summed E-state index contributed by atoms with van der Waals surface area (Å²) in [7, 11) is 0. The summed E-state index contributed by atoms with van der Waals surface area (Å²) in [6.45, 7) is 1.05. The Morgan fingerprint density at radius 2 is 2.38 bits per heavy atom. The van der Waals surface area contributed by atoms with Crippen LogP contribution in [-0.2, 0) is 6.42 Å². The Morgan fingerprint density at radius 3 is 3.19 bits per heavy atom. The number of pyridine rings is 1. The van der Waals surface area contributed by atoms with Gasteiger partial charge in [-0.3, -0.25) is 4.40 Å². The lowest BCUT2D eigenvalue weighted by Gasteiger charge is -2.08. The second kappa shape index (κ2) is 3.83. The Kier molecular flexibility index (Phi) is 2.32. The average Bonchev–Trinajstić information content (AvgIpc) is 2.90. The molecule has 1 aliphatic rings. The van der Waals surface area contributed by atoms with E-state index in [9.17, 15) is 4.39 Å². The lowest BCUT2D eigenvalue weighted by Crippen LogP contribution is -2.24. The summed E-state index contributed by atoms with van der Waals surface area (Å²) in [5.74, 6) is 0.406. The summed E-state index contributed by atoms with van der Waals surface area (Å²) in [4.78, 5) is 0. The maximum Gasteiger partial charge on any atom is 0.200 e. The Morgan fingerprint density at radius 1 is 1.44 bits per heavy atom. The zero-order valence-electron chi connectivity index (χ0n) is 8.86. The Labute approximate surface area is 92.5 Å². The van der Waals surface area contributed by atoms with Gasteiger partial charge in [0.15, 0.2) is 5.65 Å². The van der Waals surface area contributed by atoms with Crippen LogP contribution < -0.4 is 5.32 Å². The highest BCUT2D eigenvalue weighted by atomic mass is 19.1. The first kappa shape index (κ1) is 9.72. The Balaban J connectivity index is 1.97. The van der Waals surface area contributed by atoms with Crippen molar-refractivity contribution in [3.05, 3.63) is 30.0 Å². The summed E-state index contributed by atoms with van der Waals surface area (Å²) < 4.78 is 15.1. The van der Waals surface area contributed by atoms with Crippen molar-refractivity contribution in [2.45, 2.75) is 25.3 Å². The molecule has 0 saturated carbocycles. The molecule has 1 unspecified atom stereocenters. The molecule has 1 atom stereocenters. The predicted molar refractivity (Wildman–Crippen MR) is 57.7 cm³/mol. The fourth-order valence-corrected chi connectivity index (χ4v) is 2.24. The highest BCUT2D eigenvalue weighted by molar-refractivity contribution is 5.37. The fraction of sp³-hybridized carbons (Fsp3) is 0.455. The first-order valence-electron chi connectivity index (χ1n) is 5.56. The van der Waals surface area contributed by atoms with Gasteiger partial charge in [-0.15, -0.1) is 10.2 Å². The number of rotatable bonds is 2. The van der Waals surface area contributed by atoms with Crippen molar-refractivity contribution >= 4 is 5.65 Å². The van der Waals surface area contributed by atoms with E-state index in [1.807, 2.05) is 0 Å². The van der Waals surface area contributed by atoms with Gasteiger partial charge in [0, 0.05) is 12.5 Å². The van der Waals surface area contributed by atoms with Gasteiger partial charge in [0.1, 0.15) is 5.82 Å². The van der Waals surface area contributed by atoms with E-state index in [1.54, 1.807) is 12.1 Å². The molecule has 16 heavy (non-hydrogen) atoms. The summed E-state index contributed by atoms with van der Waals surface area (Å²) in [6, 6.07) is 5.26. The van der Waals surface area contributed by atoms with Crippen LogP contribution in [0.5, 0.6) is 0 Å². The second-order valence-electron chi connectivity index (χ2n) is 4.16. The van der Waals surface area contributed by atoms with Gasteiger partial charge in [0.05, 0.1) is 0 Å². The smallest absolute Gasteiger partial charge is 0.200 e. The molecule has 1 saturated heterocycles. The van der Waals surface area contributed by atoms with Crippen LogP contribution in [0.4, 0.5) is 4.39 Å². The van der Waals surface area contributed by atoms with E-state index < -0.39 is 0 Å². The van der Waals surface area contributed by atoms with Gasteiger partial charge >= 0.3 is 0 Å². The van der Waals surface area contributed by atoms with Gasteiger partial charge in [-0.2, -0.15) is 4.39 Å². The second-order valence-corrected chi connectivity index (χ2v) is 4.16. The molecule has 2 aromatic heterocycles. The quantitative estimate of drug-likeness (QED) is 0.772. The maximum absolute atomic E-state index is 13.6. The van der Waals surface area contributed by atoms with Crippen molar-refractivity contribution in [1.82, 2.24) is 19.9 Å². The molecule has 0 aliphatic carbocycles. The molecule has 2 aromatic rings. The molecule has 5 heteroatoms. The number of hydrogen-bond acceptors (Lipinski definition) is 3. The normalized spacial score (nSPS) is 20.7. The van der Waals surface area contributed by atoms with Crippen LogP contribution in [0, 0.1) is 5.95 Å². The van der Waals surface area contributed by atoms with Crippen molar-refractivity contribution in [3.63, 3.8) is 0 Å². The van der Waals surface area contributed by atoms with Crippen molar-refractivity contribution < 1.29 is 4.39 Å². The lowest BCUT2D eigenvalue weighted by molar-refractivity contribution is 0.535. The maximum atomic E-state index is 13.6. The molecular formula is C11H13FN4. The van der Waals surface area contributed by atoms with Gasteiger partial charge in [0.2, 0.25) is 5.95 Å². The molecular weight excluding hydrogens is 207 g/mol. The van der Waals surface area contributed by atoms with Crippen LogP contribution in [0.15, 0.2) is 18.2 Å². The first-order valence-corrected chi connectivity index (χ1v) is 5.56. The van der Waals surface area contributed by atoms with Crippen molar-refractivity contribution in [2.75, 3.05) is 6.54 Å². The average molecular weight is 220 g/mol. The molecule has 0 spiro atoms. The Hall–Kier alpha value is -1.49. The van der Waals surface area contributed by atoms with Crippen molar-refractivity contribution in [1.29, 1.82) is 0 Å². The van der Waals surface area contributed by atoms with Gasteiger partial charge < -0.3 is 5.32 Å². The standard InChI is InChI=1S/C11H13FN4/c12-9-4-1-5-10-14-15-11(16(9)10)7-8-3-2-6-13-8/h1,4-5,8,13H,2-3,6-7H2. The van der Waals surface area contributed by atoms with Crippen LogP contribution in [0.1, 0.15) is 18.7 Å². The van der Waals surface area contributed by atoms with Crippen LogP contribution in [-0.4, -0.2) is 27.2 Å². The zero-order valence-corrected chi connectivity index (χ0v) is 8.86. The van der Waals surface area contributed by atoms with E-state index in [-0.39, 0.29) is 5.95 Å². The molecule has 3 rings (SSSR count). The third-order valence-electron chi connectivity index (χ3n) is 3.04. The molecule has 4 nitrogen and oxygen atoms in total. The van der Waals surface area contributed by atoms with E-state index >= 15 is 0 Å². The van der Waals surface area contributed by atoms with Gasteiger partial charge in [-0.05, 0) is 31.5 Å². The summed E-state index contributed by atoms with van der Waals surface area (Å²) in [5, 5.41) is 11.4. The SMILES string of the molecule is Fc1cccc2nnc(CC3CCCN3)n12. The molecule has 3 heterocycles. The number of fused-ring (bicyclic) bond motifs is 1. The number of halogens is 1. The van der Waals surface area contributed by atoms with E-state index in [0.29, 0.717) is 17.5 Å². The summed E-state index contributed by atoms with van der Waals surface area (Å²) >= 11 is 0. The van der Waals surface area contributed by atoms with Crippen LogP contribution in [0.25, 0.3) is 5.65 Å². The van der Waals surface area contributed by atoms with Crippen molar-refractivity contribution in [3.8, 4) is 0 Å². The Bertz CT molecular complexity index is 502. The third-order valence-corrected chi connectivity index (χ3v) is 3.04. The monoisotopic (exact) mass is 220 g/mol. The summed E-state index contributed by atoms with van der Waals surface area (Å²) in [6.07, 6.45) is 3.05. The third kappa shape index (κ3) is 1.57. The van der Waals surface area contributed by atoms with Crippen LogP contribution in [0.3, 0.4) is 0 Å². The molecule has 1 aliphatic heterocycles. The highest BCUT2D eigenvalue weighted by Gasteiger charge is 2.18. The van der Waals surface area contributed by atoms with E-state index in [2.05, 4.69) is 15.5 Å². The van der Waals surface area contributed by atoms with Crippen molar-refractivity contribution in [2.24, 2.45) is 0 Å². The largest absolute Gasteiger partial charge is 0.314 e. The minimum Gasteiger partial charge on any atom is -0.314 e. The molecule has 1 fully saturated rings. The zero-order chi connectivity index (χ0) is 11.0. The van der Waals surface area contributed by atoms with E-state index in [4.69, 9.17) is 0 Å². The molecule has 0 bridgehead atoms. The van der Waals surface area contributed by atoms with Gasteiger partial charge in [0.25, 0.3) is 0 Å². The van der Waals surface area contributed by atoms with E-state index in [0.717, 1.165) is 19.4 Å². The molecule has 0 radical (unpaired) electrons. The minimum atomic E-state index is -0.296. The van der Waals surface area contributed by atoms with Gasteiger partial charge in [-0.1, -0.05) is 6.07 Å². The number of hydrogen-bond donors (Lipinski definition) is 1. The van der Waals surface area contributed by atoms with Crippen LogP contribution >= 0.6 is 0 Å². The molecule has 0 amide bonds. The molecule has 1 N–H and O–H groups in total. The predicted octanol–water partition coefficient (Wildman–Crippen LogP) is 1.16. The summed E-state index contributed by atoms with van der Waals surface area (Å²) in [5.41, 5.74) is 0.577. The number of nitrogens with one attached hydrogen (secondary N) is 1. The lowest BCUT2D eigenvalue weighted by atomic mass is 10.1. The molecule has 84 valence electrons.